The number of halogens is 1. The fraction of sp³-hybridized carbons (Fsp3) is 0.647. The van der Waals surface area contributed by atoms with E-state index in [1.165, 1.54) is 0 Å². The van der Waals surface area contributed by atoms with Gasteiger partial charge in [0.05, 0.1) is 17.2 Å². The van der Waals surface area contributed by atoms with Crippen LogP contribution in [0.3, 0.4) is 0 Å². The SMILES string of the molecule is CCCOc1ccc(C(O)CC(C)C(C)(C)C)cc1Br. The van der Waals surface area contributed by atoms with Crippen molar-refractivity contribution in [2.24, 2.45) is 11.3 Å². The highest BCUT2D eigenvalue weighted by Gasteiger charge is 2.23. The summed E-state index contributed by atoms with van der Waals surface area (Å²) in [6.07, 6.45) is 1.33. The van der Waals surface area contributed by atoms with Gasteiger partial charge >= 0.3 is 0 Å². The lowest BCUT2D eigenvalue weighted by Crippen LogP contribution is -2.19. The van der Waals surface area contributed by atoms with E-state index in [4.69, 9.17) is 4.74 Å². The third-order valence-electron chi connectivity index (χ3n) is 3.86. The molecule has 0 amide bonds. The summed E-state index contributed by atoms with van der Waals surface area (Å²) in [6.45, 7) is 11.6. The van der Waals surface area contributed by atoms with Crippen molar-refractivity contribution in [2.45, 2.75) is 53.6 Å². The second kappa shape index (κ2) is 7.46. The molecular weight excluding hydrogens is 316 g/mol. The van der Waals surface area contributed by atoms with E-state index in [9.17, 15) is 5.11 Å². The summed E-state index contributed by atoms with van der Waals surface area (Å²) in [5.74, 6) is 1.29. The molecule has 0 fully saturated rings. The molecule has 2 nitrogen and oxygen atoms in total. The largest absolute Gasteiger partial charge is 0.492 e. The standard InChI is InChI=1S/C17H27BrO2/c1-6-9-20-16-8-7-13(11-14(16)18)15(19)10-12(2)17(3,4)5/h7-8,11-12,15,19H,6,9-10H2,1-5H3. The van der Waals surface area contributed by atoms with Crippen LogP contribution >= 0.6 is 15.9 Å². The van der Waals surface area contributed by atoms with Gasteiger partial charge in [0.25, 0.3) is 0 Å². The highest BCUT2D eigenvalue weighted by atomic mass is 79.9. The molecule has 0 radical (unpaired) electrons. The summed E-state index contributed by atoms with van der Waals surface area (Å²) in [5.41, 5.74) is 1.15. The van der Waals surface area contributed by atoms with E-state index in [-0.39, 0.29) is 5.41 Å². The monoisotopic (exact) mass is 342 g/mol. The highest BCUT2D eigenvalue weighted by molar-refractivity contribution is 9.10. The average Bonchev–Trinajstić information content (AvgIpc) is 2.36. The van der Waals surface area contributed by atoms with E-state index >= 15 is 0 Å². The van der Waals surface area contributed by atoms with E-state index in [1.807, 2.05) is 18.2 Å². The van der Waals surface area contributed by atoms with E-state index in [0.29, 0.717) is 12.5 Å². The van der Waals surface area contributed by atoms with Crippen LogP contribution in [-0.4, -0.2) is 11.7 Å². The lowest BCUT2D eigenvalue weighted by atomic mass is 9.78. The molecule has 0 bridgehead atoms. The molecule has 2 atom stereocenters. The molecule has 0 aliphatic rings. The minimum Gasteiger partial charge on any atom is -0.492 e. The molecule has 3 heteroatoms. The first-order valence-electron chi connectivity index (χ1n) is 7.36. The van der Waals surface area contributed by atoms with Gasteiger partial charge in [0.2, 0.25) is 0 Å². The number of aliphatic hydroxyl groups is 1. The molecular formula is C17H27BrO2. The third kappa shape index (κ3) is 5.10. The second-order valence-electron chi connectivity index (χ2n) is 6.56. The van der Waals surface area contributed by atoms with Crippen LogP contribution in [0, 0.1) is 11.3 Å². The van der Waals surface area contributed by atoms with Crippen LogP contribution in [0.5, 0.6) is 5.75 Å². The first-order chi connectivity index (χ1) is 9.25. The first kappa shape index (κ1) is 17.5. The molecule has 0 aromatic heterocycles. The van der Waals surface area contributed by atoms with Crippen LogP contribution in [0.1, 0.15) is 59.1 Å². The molecule has 0 aliphatic heterocycles. The van der Waals surface area contributed by atoms with Gasteiger partial charge in [-0.25, -0.2) is 0 Å². The van der Waals surface area contributed by atoms with Crippen molar-refractivity contribution in [3.63, 3.8) is 0 Å². The highest BCUT2D eigenvalue weighted by Crippen LogP contribution is 2.35. The van der Waals surface area contributed by atoms with Gasteiger partial charge in [0.1, 0.15) is 5.75 Å². The number of hydrogen-bond acceptors (Lipinski definition) is 2. The van der Waals surface area contributed by atoms with E-state index in [0.717, 1.165) is 28.6 Å². The van der Waals surface area contributed by atoms with Gasteiger partial charge in [0, 0.05) is 0 Å². The van der Waals surface area contributed by atoms with E-state index in [1.54, 1.807) is 0 Å². The zero-order valence-corrected chi connectivity index (χ0v) is 14.8. The topological polar surface area (TPSA) is 29.5 Å². The maximum atomic E-state index is 10.4. The Morgan fingerprint density at radius 3 is 2.45 bits per heavy atom. The molecule has 2 unspecified atom stereocenters. The van der Waals surface area contributed by atoms with Gasteiger partial charge in [-0.2, -0.15) is 0 Å². The summed E-state index contributed by atoms with van der Waals surface area (Å²) in [7, 11) is 0. The normalized spacial score (nSPS) is 14.9. The Hall–Kier alpha value is -0.540. The molecule has 114 valence electrons. The maximum absolute atomic E-state index is 10.4. The Labute approximate surface area is 131 Å². The predicted octanol–water partition coefficient (Wildman–Crippen LogP) is 5.34. The summed E-state index contributed by atoms with van der Waals surface area (Å²) >= 11 is 3.52. The second-order valence-corrected chi connectivity index (χ2v) is 7.41. The van der Waals surface area contributed by atoms with Crippen LogP contribution in [-0.2, 0) is 0 Å². The maximum Gasteiger partial charge on any atom is 0.133 e. The molecule has 0 saturated heterocycles. The van der Waals surface area contributed by atoms with Crippen molar-refractivity contribution in [1.82, 2.24) is 0 Å². The van der Waals surface area contributed by atoms with Gasteiger partial charge in [-0.3, -0.25) is 0 Å². The average molecular weight is 343 g/mol. The van der Waals surface area contributed by atoms with Crippen molar-refractivity contribution >= 4 is 15.9 Å². The van der Waals surface area contributed by atoms with E-state index < -0.39 is 6.10 Å². The molecule has 0 spiro atoms. The number of hydrogen-bond donors (Lipinski definition) is 1. The Morgan fingerprint density at radius 1 is 1.30 bits per heavy atom. The molecule has 0 heterocycles. The molecule has 20 heavy (non-hydrogen) atoms. The van der Waals surface area contributed by atoms with E-state index in [2.05, 4.69) is 50.5 Å². The van der Waals surface area contributed by atoms with Gasteiger partial charge < -0.3 is 9.84 Å². The zero-order valence-electron chi connectivity index (χ0n) is 13.2. The lowest BCUT2D eigenvalue weighted by molar-refractivity contribution is 0.110. The van der Waals surface area contributed by atoms with Crippen LogP contribution in [0.4, 0.5) is 0 Å². The Morgan fingerprint density at radius 2 is 1.95 bits per heavy atom. The minimum absolute atomic E-state index is 0.211. The third-order valence-corrected chi connectivity index (χ3v) is 4.48. The first-order valence-corrected chi connectivity index (χ1v) is 8.15. The number of ether oxygens (including phenoxy) is 1. The quantitative estimate of drug-likeness (QED) is 0.755. The van der Waals surface area contributed by atoms with Gasteiger partial charge in [0.15, 0.2) is 0 Å². The van der Waals surface area contributed by atoms with Gasteiger partial charge in [-0.15, -0.1) is 0 Å². The minimum atomic E-state index is -0.430. The summed E-state index contributed by atoms with van der Waals surface area (Å²) in [4.78, 5) is 0. The van der Waals surface area contributed by atoms with Gasteiger partial charge in [-0.1, -0.05) is 40.7 Å². The van der Waals surface area contributed by atoms with Crippen LogP contribution in [0.2, 0.25) is 0 Å². The zero-order chi connectivity index (χ0) is 15.3. The van der Waals surface area contributed by atoms with Crippen LogP contribution in [0.25, 0.3) is 0 Å². The van der Waals surface area contributed by atoms with Crippen LogP contribution in [0.15, 0.2) is 22.7 Å². The Kier molecular flexibility index (Phi) is 6.53. The summed E-state index contributed by atoms with van der Waals surface area (Å²) < 4.78 is 6.54. The smallest absolute Gasteiger partial charge is 0.133 e. The summed E-state index contributed by atoms with van der Waals surface area (Å²) in [6, 6.07) is 5.85. The number of benzene rings is 1. The summed E-state index contributed by atoms with van der Waals surface area (Å²) in [5, 5.41) is 10.4. The molecule has 1 N–H and O–H groups in total. The fourth-order valence-electron chi connectivity index (χ4n) is 1.88. The number of aliphatic hydroxyl groups excluding tert-OH is 1. The van der Waals surface area contributed by atoms with Crippen molar-refractivity contribution < 1.29 is 9.84 Å². The molecule has 1 rings (SSSR count). The fourth-order valence-corrected chi connectivity index (χ4v) is 2.39. The predicted molar refractivity (Wildman–Crippen MR) is 88.1 cm³/mol. The number of rotatable bonds is 6. The van der Waals surface area contributed by atoms with Gasteiger partial charge in [-0.05, 0) is 57.8 Å². The van der Waals surface area contributed by atoms with Crippen molar-refractivity contribution in [1.29, 1.82) is 0 Å². The van der Waals surface area contributed by atoms with Crippen molar-refractivity contribution in [3.05, 3.63) is 28.2 Å². The lowest BCUT2D eigenvalue weighted by Gasteiger charge is -2.29. The molecule has 1 aromatic carbocycles. The molecule has 0 aliphatic carbocycles. The van der Waals surface area contributed by atoms with Crippen molar-refractivity contribution in [2.75, 3.05) is 6.61 Å². The van der Waals surface area contributed by atoms with Crippen molar-refractivity contribution in [3.8, 4) is 5.75 Å². The Bertz CT molecular complexity index is 423. The molecule has 1 aromatic rings. The molecule has 0 saturated carbocycles. The van der Waals surface area contributed by atoms with Crippen LogP contribution < -0.4 is 4.74 Å². The Balaban J connectivity index is 2.74.